The Morgan fingerprint density at radius 1 is 1.50 bits per heavy atom. The summed E-state index contributed by atoms with van der Waals surface area (Å²) < 4.78 is 0. The second kappa shape index (κ2) is 2.48. The highest BCUT2D eigenvalue weighted by Crippen LogP contribution is 2.54. The van der Waals surface area contributed by atoms with Crippen LogP contribution in [0.4, 0.5) is 0 Å². The van der Waals surface area contributed by atoms with Gasteiger partial charge in [-0.2, -0.15) is 5.26 Å². The van der Waals surface area contributed by atoms with Crippen molar-refractivity contribution < 1.29 is 4.79 Å². The van der Waals surface area contributed by atoms with Crippen molar-refractivity contribution in [3.63, 3.8) is 0 Å². The molecule has 3 aliphatic carbocycles. The lowest BCUT2D eigenvalue weighted by molar-refractivity contribution is -0.144. The molecule has 3 rings (SSSR count). The molecule has 2 heteroatoms. The molecule has 0 aromatic rings. The summed E-state index contributed by atoms with van der Waals surface area (Å²) in [5, 5.41) is 9.03. The summed E-state index contributed by atoms with van der Waals surface area (Å²) in [6, 6.07) is 2.27. The zero-order valence-corrected chi connectivity index (χ0v) is 8.87. The molecule has 0 aliphatic heterocycles. The first kappa shape index (κ1) is 9.45. The fourth-order valence-corrected chi connectivity index (χ4v) is 2.83. The van der Waals surface area contributed by atoms with Crippen molar-refractivity contribution in [1.82, 2.24) is 0 Å². The van der Waals surface area contributed by atoms with Crippen molar-refractivity contribution >= 4 is 5.78 Å². The van der Waals surface area contributed by atoms with Crippen LogP contribution in [0.1, 0.15) is 27.2 Å². The SMILES string of the molecule is CC1(C)C(=O)[C@]2(C)C=C[C@H]1C[C@@H]2C#N. The van der Waals surface area contributed by atoms with Crippen LogP contribution >= 0.6 is 0 Å². The first-order chi connectivity index (χ1) is 6.43. The van der Waals surface area contributed by atoms with Crippen molar-refractivity contribution in [1.29, 1.82) is 5.26 Å². The smallest absolute Gasteiger partial charge is 0.149 e. The Labute approximate surface area is 84.6 Å². The van der Waals surface area contributed by atoms with E-state index in [2.05, 4.69) is 12.1 Å². The molecule has 0 saturated heterocycles. The minimum Gasteiger partial charge on any atom is -0.298 e. The summed E-state index contributed by atoms with van der Waals surface area (Å²) in [6.07, 6.45) is 4.90. The molecule has 0 radical (unpaired) electrons. The molecule has 0 N–H and O–H groups in total. The number of rotatable bonds is 0. The summed E-state index contributed by atoms with van der Waals surface area (Å²) in [5.74, 6) is 0.356. The summed E-state index contributed by atoms with van der Waals surface area (Å²) in [5.41, 5.74) is -0.816. The van der Waals surface area contributed by atoms with E-state index in [4.69, 9.17) is 5.26 Å². The molecular formula is C12H15NO. The molecule has 0 aromatic heterocycles. The Kier molecular flexibility index (Phi) is 1.67. The fourth-order valence-electron chi connectivity index (χ4n) is 2.83. The highest BCUT2D eigenvalue weighted by molar-refractivity contribution is 5.94. The molecule has 0 heterocycles. The van der Waals surface area contributed by atoms with Crippen LogP contribution in [0.25, 0.3) is 0 Å². The average Bonchev–Trinajstić information content (AvgIpc) is 2.14. The molecule has 1 fully saturated rings. The van der Waals surface area contributed by atoms with Crippen LogP contribution in [0.3, 0.4) is 0 Å². The first-order valence-electron chi connectivity index (χ1n) is 5.07. The van der Waals surface area contributed by atoms with Crippen molar-refractivity contribution in [2.45, 2.75) is 27.2 Å². The Balaban J connectivity index is 2.54. The largest absolute Gasteiger partial charge is 0.298 e. The van der Waals surface area contributed by atoms with Crippen LogP contribution in [0.15, 0.2) is 12.2 Å². The van der Waals surface area contributed by atoms with Crippen LogP contribution in [-0.2, 0) is 4.79 Å². The fraction of sp³-hybridized carbons (Fsp3) is 0.667. The number of allylic oxidation sites excluding steroid dienone is 2. The number of hydrogen-bond acceptors (Lipinski definition) is 2. The van der Waals surface area contributed by atoms with Gasteiger partial charge in [0.1, 0.15) is 5.78 Å². The van der Waals surface area contributed by atoms with Crippen molar-refractivity contribution in [2.24, 2.45) is 22.7 Å². The van der Waals surface area contributed by atoms with Gasteiger partial charge in [-0.15, -0.1) is 0 Å². The van der Waals surface area contributed by atoms with E-state index < -0.39 is 5.41 Å². The van der Waals surface area contributed by atoms with E-state index in [9.17, 15) is 4.79 Å². The summed E-state index contributed by atoms with van der Waals surface area (Å²) in [7, 11) is 0. The van der Waals surface area contributed by atoms with E-state index in [1.54, 1.807) is 0 Å². The Bertz CT molecular complexity index is 361. The lowest BCUT2D eigenvalue weighted by Crippen LogP contribution is -2.54. The second-order valence-electron chi connectivity index (χ2n) is 5.22. The summed E-state index contributed by atoms with van der Waals surface area (Å²) >= 11 is 0. The van der Waals surface area contributed by atoms with Crippen LogP contribution in [0.2, 0.25) is 0 Å². The van der Waals surface area contributed by atoms with Gasteiger partial charge in [-0.3, -0.25) is 4.79 Å². The first-order valence-corrected chi connectivity index (χ1v) is 5.07. The molecule has 3 aliphatic rings. The van der Waals surface area contributed by atoms with Crippen LogP contribution in [0, 0.1) is 34.0 Å². The second-order valence-corrected chi connectivity index (χ2v) is 5.22. The van der Waals surface area contributed by atoms with E-state index >= 15 is 0 Å². The molecule has 1 saturated carbocycles. The molecule has 74 valence electrons. The third-order valence-corrected chi connectivity index (χ3v) is 4.05. The standard InChI is InChI=1S/C12H15NO/c1-11(2)8-4-5-12(3,10(11)14)9(6-8)7-13/h4-5,8-9H,6H2,1-3H3/t8-,9+,12+/m0/s1. The molecule has 2 nitrogen and oxygen atoms in total. The van der Waals surface area contributed by atoms with Crippen molar-refractivity contribution in [3.05, 3.63) is 12.2 Å². The Hall–Kier alpha value is -1.10. The highest BCUT2D eigenvalue weighted by atomic mass is 16.1. The van der Waals surface area contributed by atoms with Gasteiger partial charge in [0, 0.05) is 5.41 Å². The number of nitriles is 1. The van der Waals surface area contributed by atoms with Crippen LogP contribution in [0.5, 0.6) is 0 Å². The number of carbonyl (C=O) groups excluding carboxylic acids is 1. The predicted octanol–water partition coefficient (Wildman–Crippen LogP) is 2.32. The Morgan fingerprint density at radius 3 is 2.71 bits per heavy atom. The van der Waals surface area contributed by atoms with Gasteiger partial charge in [-0.05, 0) is 19.3 Å². The number of carbonyl (C=O) groups is 1. The van der Waals surface area contributed by atoms with Gasteiger partial charge in [0.15, 0.2) is 0 Å². The molecule has 0 aromatic carbocycles. The molecular weight excluding hydrogens is 174 g/mol. The number of ketones is 1. The van der Waals surface area contributed by atoms with E-state index in [-0.39, 0.29) is 23.0 Å². The normalized spacial score (nSPS) is 43.7. The minimum atomic E-state index is -0.535. The maximum atomic E-state index is 12.2. The molecule has 3 atom stereocenters. The zero-order chi connectivity index (χ0) is 10.6. The van der Waals surface area contributed by atoms with Crippen LogP contribution < -0.4 is 0 Å². The zero-order valence-electron chi connectivity index (χ0n) is 8.87. The molecule has 0 spiro atoms. The van der Waals surface area contributed by atoms with Gasteiger partial charge < -0.3 is 0 Å². The third-order valence-electron chi connectivity index (χ3n) is 4.05. The number of nitrogens with zero attached hydrogens (tertiary/aromatic N) is 1. The number of hydrogen-bond donors (Lipinski definition) is 0. The predicted molar refractivity (Wildman–Crippen MR) is 53.2 cm³/mol. The highest BCUT2D eigenvalue weighted by Gasteiger charge is 2.56. The van der Waals surface area contributed by atoms with Crippen LogP contribution in [-0.4, -0.2) is 5.78 Å². The topological polar surface area (TPSA) is 40.9 Å². The summed E-state index contributed by atoms with van der Waals surface area (Å²) in [6.45, 7) is 5.89. The van der Waals surface area contributed by atoms with Crippen molar-refractivity contribution in [3.8, 4) is 6.07 Å². The van der Waals surface area contributed by atoms with Crippen molar-refractivity contribution in [2.75, 3.05) is 0 Å². The van der Waals surface area contributed by atoms with Gasteiger partial charge in [0.2, 0.25) is 0 Å². The molecule has 0 unspecified atom stereocenters. The maximum absolute atomic E-state index is 12.2. The number of fused-ring (bicyclic) bond motifs is 2. The van der Waals surface area contributed by atoms with Gasteiger partial charge >= 0.3 is 0 Å². The summed E-state index contributed by atoms with van der Waals surface area (Å²) in [4.78, 5) is 12.2. The van der Waals surface area contributed by atoms with E-state index in [1.165, 1.54) is 0 Å². The van der Waals surface area contributed by atoms with E-state index in [1.807, 2.05) is 26.8 Å². The molecule has 2 bridgehead atoms. The quantitative estimate of drug-likeness (QED) is 0.549. The average molecular weight is 189 g/mol. The lowest BCUT2D eigenvalue weighted by Gasteiger charge is -2.50. The van der Waals surface area contributed by atoms with E-state index in [0.29, 0.717) is 0 Å². The van der Waals surface area contributed by atoms with Gasteiger partial charge in [-0.1, -0.05) is 26.0 Å². The molecule has 0 amide bonds. The number of Topliss-reactive ketones (excluding diaryl/α,β-unsaturated/α-hetero) is 1. The minimum absolute atomic E-state index is 0.127. The van der Waals surface area contributed by atoms with Gasteiger partial charge in [0.25, 0.3) is 0 Å². The van der Waals surface area contributed by atoms with E-state index in [0.717, 1.165) is 6.42 Å². The van der Waals surface area contributed by atoms with Gasteiger partial charge in [-0.25, -0.2) is 0 Å². The third kappa shape index (κ3) is 0.877. The monoisotopic (exact) mass is 189 g/mol. The Morgan fingerprint density at radius 2 is 2.14 bits per heavy atom. The maximum Gasteiger partial charge on any atom is 0.149 e. The molecule has 14 heavy (non-hydrogen) atoms. The lowest BCUT2D eigenvalue weighted by atomic mass is 9.50. The van der Waals surface area contributed by atoms with Gasteiger partial charge in [0.05, 0.1) is 17.4 Å².